The van der Waals surface area contributed by atoms with E-state index >= 15 is 0 Å². The molecule has 1 aliphatic heterocycles. The molecule has 438 valence electrons. The summed E-state index contributed by atoms with van der Waals surface area (Å²) in [6.07, 6.45) is 56.7. The molecule has 3 N–H and O–H groups in total. The highest BCUT2D eigenvalue weighted by atomic mass is 16.7. The van der Waals surface area contributed by atoms with E-state index in [2.05, 4.69) is 106 Å². The Bertz CT molecular complexity index is 1710. The van der Waals surface area contributed by atoms with Crippen molar-refractivity contribution < 1.29 is 58.2 Å². The van der Waals surface area contributed by atoms with E-state index in [9.17, 15) is 34.5 Å². The second kappa shape index (κ2) is 52.3. The number of carboxylic acids is 1. The number of rotatable bonds is 50. The lowest BCUT2D eigenvalue weighted by Gasteiger charge is -2.40. The predicted molar refractivity (Wildman–Crippen MR) is 312 cm³/mol. The van der Waals surface area contributed by atoms with Crippen molar-refractivity contribution in [3.63, 3.8) is 0 Å². The smallest absolute Gasteiger partial charge is 0.335 e. The fourth-order valence-electron chi connectivity index (χ4n) is 8.54. The van der Waals surface area contributed by atoms with Crippen LogP contribution in [0, 0.1) is 0 Å². The molecule has 0 saturated carbocycles. The Morgan fingerprint density at radius 3 is 1.32 bits per heavy atom. The molecule has 0 bridgehead atoms. The largest absolute Gasteiger partial charge is 0.479 e. The van der Waals surface area contributed by atoms with E-state index in [0.29, 0.717) is 19.3 Å². The van der Waals surface area contributed by atoms with Gasteiger partial charge in [-0.3, -0.25) is 14.4 Å². The summed E-state index contributed by atoms with van der Waals surface area (Å²) < 4.78 is 28.3. The second-order valence-electron chi connectivity index (χ2n) is 20.3. The number of carbonyl (C=O) groups excluding carboxylic acids is 3. The molecule has 0 amide bonds. The zero-order chi connectivity index (χ0) is 56.1. The van der Waals surface area contributed by atoms with E-state index in [1.807, 2.05) is 12.2 Å². The molecule has 1 aliphatic rings. The fraction of sp³-hybridized carbons (Fsp3) is 0.692. The molecule has 0 aromatic rings. The van der Waals surface area contributed by atoms with Crippen molar-refractivity contribution in [2.24, 2.45) is 0 Å². The quantitative estimate of drug-likeness (QED) is 0.0228. The second-order valence-corrected chi connectivity index (χ2v) is 20.3. The summed E-state index contributed by atoms with van der Waals surface area (Å²) in [7, 11) is 0. The monoisotopic (exact) mass is 1080 g/mol. The van der Waals surface area contributed by atoms with Gasteiger partial charge in [-0.25, -0.2) is 4.79 Å². The third-order valence-corrected chi connectivity index (χ3v) is 13.2. The van der Waals surface area contributed by atoms with E-state index < -0.39 is 67.3 Å². The highest BCUT2D eigenvalue weighted by Gasteiger charge is 2.50. The van der Waals surface area contributed by atoms with Crippen molar-refractivity contribution in [3.8, 4) is 0 Å². The van der Waals surface area contributed by atoms with Crippen LogP contribution in [0.5, 0.6) is 0 Å². The fourth-order valence-corrected chi connectivity index (χ4v) is 8.54. The Hall–Kier alpha value is -4.36. The molecule has 0 aliphatic carbocycles. The van der Waals surface area contributed by atoms with Gasteiger partial charge in [0.1, 0.15) is 18.8 Å². The highest BCUT2D eigenvalue weighted by molar-refractivity contribution is 5.74. The molecule has 1 fully saturated rings. The van der Waals surface area contributed by atoms with Crippen LogP contribution in [-0.4, -0.2) is 89.2 Å². The number of aliphatic carboxylic acids is 1. The van der Waals surface area contributed by atoms with E-state index in [1.165, 1.54) is 70.6 Å². The molecule has 6 atom stereocenters. The van der Waals surface area contributed by atoms with E-state index in [0.717, 1.165) is 109 Å². The molecule has 1 heterocycles. The van der Waals surface area contributed by atoms with Gasteiger partial charge in [-0.05, 0) is 89.9 Å². The number of carboxylic acid groups (broad SMARTS) is 1. The third-order valence-electron chi connectivity index (χ3n) is 13.2. The van der Waals surface area contributed by atoms with Crippen LogP contribution >= 0.6 is 0 Å². The first-order valence-electron chi connectivity index (χ1n) is 30.2. The maximum Gasteiger partial charge on any atom is 0.335 e. The molecule has 0 aromatic heterocycles. The molecule has 12 heteroatoms. The minimum absolute atomic E-state index is 0.0507. The third kappa shape index (κ3) is 42.3. The van der Waals surface area contributed by atoms with Crippen LogP contribution < -0.4 is 0 Å². The highest BCUT2D eigenvalue weighted by Crippen LogP contribution is 2.26. The van der Waals surface area contributed by atoms with E-state index in [4.69, 9.17) is 23.7 Å². The molecule has 12 nitrogen and oxygen atoms in total. The molecule has 1 saturated heterocycles. The molecular weight excluding hydrogens is 973 g/mol. The summed E-state index contributed by atoms with van der Waals surface area (Å²) in [6.45, 7) is 5.77. The van der Waals surface area contributed by atoms with Gasteiger partial charge in [0.2, 0.25) is 0 Å². The zero-order valence-corrected chi connectivity index (χ0v) is 48.2. The minimum Gasteiger partial charge on any atom is -0.479 e. The summed E-state index contributed by atoms with van der Waals surface area (Å²) in [5.41, 5.74) is 0. The number of esters is 3. The molecule has 0 spiro atoms. The Labute approximate surface area is 466 Å². The Morgan fingerprint density at radius 1 is 0.442 bits per heavy atom. The van der Waals surface area contributed by atoms with Gasteiger partial charge in [0.15, 0.2) is 24.6 Å². The van der Waals surface area contributed by atoms with Crippen LogP contribution in [0.25, 0.3) is 0 Å². The molecule has 77 heavy (non-hydrogen) atoms. The van der Waals surface area contributed by atoms with Crippen LogP contribution in [-0.2, 0) is 42.9 Å². The van der Waals surface area contributed by atoms with Crippen LogP contribution in [0.3, 0.4) is 0 Å². The lowest BCUT2D eigenvalue weighted by Crippen LogP contribution is -2.61. The Balaban J connectivity index is 2.75. The number of aliphatic hydroxyl groups is 2. The zero-order valence-electron chi connectivity index (χ0n) is 48.2. The van der Waals surface area contributed by atoms with Crippen molar-refractivity contribution in [1.29, 1.82) is 0 Å². The van der Waals surface area contributed by atoms with Gasteiger partial charge in [0.05, 0.1) is 6.61 Å². The van der Waals surface area contributed by atoms with E-state index in [-0.39, 0.29) is 25.9 Å². The van der Waals surface area contributed by atoms with Crippen molar-refractivity contribution in [2.45, 2.75) is 276 Å². The number of aliphatic hydroxyl groups excluding tert-OH is 2. The van der Waals surface area contributed by atoms with E-state index in [1.54, 1.807) is 0 Å². The Kier molecular flexibility index (Phi) is 48.0. The van der Waals surface area contributed by atoms with Gasteiger partial charge in [0, 0.05) is 19.3 Å². The van der Waals surface area contributed by atoms with Crippen molar-refractivity contribution >= 4 is 23.9 Å². The first-order chi connectivity index (χ1) is 37.6. The summed E-state index contributed by atoms with van der Waals surface area (Å²) in [4.78, 5) is 51.1. The van der Waals surface area contributed by atoms with Gasteiger partial charge in [-0.15, -0.1) is 0 Å². The van der Waals surface area contributed by atoms with Crippen LogP contribution in [0.1, 0.15) is 239 Å². The summed E-state index contributed by atoms with van der Waals surface area (Å²) >= 11 is 0. The standard InChI is InChI=1S/C65H106O12/c1-4-7-10-13-16-19-22-25-27-28-29-30-32-34-36-39-42-45-48-51-57(66)73-54-56(75-58(67)52-49-46-43-40-38-35-31-26-23-20-17-14-11-8-5-2)55-74-65-63(61(70)60(69)62(77-65)64(71)72)76-59(68)53-50-47-44-41-37-33-24-21-18-15-12-9-6-3/h7,10,16-17,19-20,25-27,29-31,34,36,42,45,56,60-63,65,69-70H,4-6,8-9,11-15,18,21-24,28,32-33,35,37-41,43-44,46-55H2,1-3H3,(H,71,72)/b10-7-,19-16-,20-17-,27-25-,30-29-,31-26-,36-34-,45-42-. The summed E-state index contributed by atoms with van der Waals surface area (Å²) in [6, 6.07) is 0. The van der Waals surface area contributed by atoms with Gasteiger partial charge in [0.25, 0.3) is 0 Å². The average molecular weight is 1080 g/mol. The number of unbranched alkanes of at least 4 members (excludes halogenated alkanes) is 20. The van der Waals surface area contributed by atoms with Crippen LogP contribution in [0.4, 0.5) is 0 Å². The Morgan fingerprint density at radius 2 is 0.844 bits per heavy atom. The lowest BCUT2D eigenvalue weighted by atomic mass is 9.98. The summed E-state index contributed by atoms with van der Waals surface area (Å²) in [5.74, 6) is -3.25. The molecule has 0 aromatic carbocycles. The normalized spacial score (nSPS) is 18.7. The minimum atomic E-state index is -1.92. The first-order valence-corrected chi connectivity index (χ1v) is 30.2. The van der Waals surface area contributed by atoms with Gasteiger partial charge in [-0.1, -0.05) is 227 Å². The number of carbonyl (C=O) groups is 4. The van der Waals surface area contributed by atoms with Crippen LogP contribution in [0.2, 0.25) is 0 Å². The van der Waals surface area contributed by atoms with Crippen molar-refractivity contribution in [2.75, 3.05) is 13.2 Å². The molecule has 1 rings (SSSR count). The van der Waals surface area contributed by atoms with Crippen molar-refractivity contribution in [1.82, 2.24) is 0 Å². The lowest BCUT2D eigenvalue weighted by molar-refractivity contribution is -0.301. The average Bonchev–Trinajstić information content (AvgIpc) is 3.42. The van der Waals surface area contributed by atoms with Gasteiger partial charge in [-0.2, -0.15) is 0 Å². The number of ether oxygens (including phenoxy) is 5. The maximum absolute atomic E-state index is 13.1. The SMILES string of the molecule is CC/C=C\C/C=C\C/C=C\C/C=C\C/C=C\C/C=C\CCC(=O)OCC(COC1OC(C(=O)O)C(O)C(O)C1OC(=O)CCCCCCCCCCCCCCC)OC(=O)CCCCCCC/C=C\C/C=C\CCCCC. The van der Waals surface area contributed by atoms with Crippen molar-refractivity contribution in [3.05, 3.63) is 97.2 Å². The summed E-state index contributed by atoms with van der Waals surface area (Å²) in [5, 5.41) is 31.5. The number of hydrogen-bond donors (Lipinski definition) is 3. The van der Waals surface area contributed by atoms with Gasteiger partial charge < -0.3 is 39.0 Å². The molecular formula is C65H106O12. The van der Waals surface area contributed by atoms with Gasteiger partial charge >= 0.3 is 23.9 Å². The first kappa shape index (κ1) is 70.7. The predicted octanol–water partition coefficient (Wildman–Crippen LogP) is 15.7. The molecule has 0 radical (unpaired) electrons. The molecule has 6 unspecified atom stereocenters. The number of allylic oxidation sites excluding steroid dienone is 16. The maximum atomic E-state index is 13.1. The number of hydrogen-bond acceptors (Lipinski definition) is 11. The topological polar surface area (TPSA) is 175 Å². The van der Waals surface area contributed by atoms with Crippen LogP contribution in [0.15, 0.2) is 97.2 Å².